The van der Waals surface area contributed by atoms with Crippen LogP contribution in [-0.2, 0) is 12.8 Å². The summed E-state index contributed by atoms with van der Waals surface area (Å²) < 4.78 is 5.42. The van der Waals surface area contributed by atoms with E-state index >= 15 is 0 Å². The molecule has 0 radical (unpaired) electrons. The Balaban J connectivity index is 2.68. The van der Waals surface area contributed by atoms with Crippen LogP contribution >= 0.6 is 0 Å². The molecular formula is C15H25NO. The number of ether oxygens (including phenoxy) is 1. The molecule has 0 unspecified atom stereocenters. The summed E-state index contributed by atoms with van der Waals surface area (Å²) in [6.45, 7) is 3.34. The molecular weight excluding hydrogens is 210 g/mol. The van der Waals surface area contributed by atoms with E-state index in [9.17, 15) is 0 Å². The number of benzene rings is 1. The highest BCUT2D eigenvalue weighted by Gasteiger charge is 2.04. The van der Waals surface area contributed by atoms with E-state index in [1.165, 1.54) is 24.0 Å². The standard InChI is InChI=1S/C15H25NO/c1-5-7-13-9-10-15(17-4)14(12-13)8-6-11-16(2)3/h9-10,12H,5-8,11H2,1-4H3. The van der Waals surface area contributed by atoms with Gasteiger partial charge in [-0.1, -0.05) is 25.5 Å². The summed E-state index contributed by atoms with van der Waals surface area (Å²) in [6, 6.07) is 6.59. The van der Waals surface area contributed by atoms with Crippen molar-refractivity contribution in [2.75, 3.05) is 27.7 Å². The normalized spacial score (nSPS) is 10.9. The molecule has 0 atom stereocenters. The van der Waals surface area contributed by atoms with Gasteiger partial charge in [0.25, 0.3) is 0 Å². The average molecular weight is 235 g/mol. The molecule has 0 aliphatic rings. The van der Waals surface area contributed by atoms with E-state index in [0.29, 0.717) is 0 Å². The summed E-state index contributed by atoms with van der Waals surface area (Å²) in [5, 5.41) is 0. The highest BCUT2D eigenvalue weighted by Crippen LogP contribution is 2.22. The van der Waals surface area contributed by atoms with Gasteiger partial charge >= 0.3 is 0 Å². The molecule has 0 spiro atoms. The molecule has 0 heterocycles. The molecule has 0 N–H and O–H groups in total. The molecule has 1 rings (SSSR count). The lowest BCUT2D eigenvalue weighted by Gasteiger charge is -2.12. The largest absolute Gasteiger partial charge is 0.496 e. The van der Waals surface area contributed by atoms with Gasteiger partial charge < -0.3 is 9.64 Å². The monoisotopic (exact) mass is 235 g/mol. The van der Waals surface area contributed by atoms with Gasteiger partial charge in [-0.05, 0) is 57.1 Å². The molecule has 0 saturated heterocycles. The lowest BCUT2D eigenvalue weighted by Crippen LogP contribution is -2.13. The van der Waals surface area contributed by atoms with Crippen LogP contribution in [0.5, 0.6) is 5.75 Å². The maximum atomic E-state index is 5.42. The second-order valence-electron chi connectivity index (χ2n) is 4.80. The SMILES string of the molecule is CCCc1ccc(OC)c(CCCN(C)C)c1. The van der Waals surface area contributed by atoms with Crippen molar-refractivity contribution in [2.24, 2.45) is 0 Å². The third-order valence-electron chi connectivity index (χ3n) is 2.93. The first kappa shape index (κ1) is 14.0. The van der Waals surface area contributed by atoms with Gasteiger partial charge in [-0.15, -0.1) is 0 Å². The van der Waals surface area contributed by atoms with Crippen molar-refractivity contribution in [3.05, 3.63) is 29.3 Å². The van der Waals surface area contributed by atoms with Crippen LogP contribution in [0.3, 0.4) is 0 Å². The number of methoxy groups -OCH3 is 1. The predicted octanol–water partition coefficient (Wildman–Crippen LogP) is 3.14. The maximum Gasteiger partial charge on any atom is 0.122 e. The number of nitrogens with zero attached hydrogens (tertiary/aromatic N) is 1. The van der Waals surface area contributed by atoms with Crippen molar-refractivity contribution in [3.8, 4) is 5.75 Å². The fraction of sp³-hybridized carbons (Fsp3) is 0.600. The topological polar surface area (TPSA) is 12.5 Å². The van der Waals surface area contributed by atoms with Gasteiger partial charge in [-0.3, -0.25) is 0 Å². The fourth-order valence-corrected chi connectivity index (χ4v) is 2.06. The Kier molecular flexibility index (Phi) is 6.06. The Hall–Kier alpha value is -1.02. The minimum Gasteiger partial charge on any atom is -0.496 e. The van der Waals surface area contributed by atoms with Crippen molar-refractivity contribution < 1.29 is 4.74 Å². The molecule has 0 aliphatic carbocycles. The van der Waals surface area contributed by atoms with Crippen LogP contribution in [0.15, 0.2) is 18.2 Å². The molecule has 0 saturated carbocycles. The van der Waals surface area contributed by atoms with Gasteiger partial charge in [0.1, 0.15) is 5.75 Å². The number of hydrogen-bond acceptors (Lipinski definition) is 2. The first-order chi connectivity index (χ1) is 8.17. The van der Waals surface area contributed by atoms with E-state index in [2.05, 4.69) is 44.1 Å². The van der Waals surface area contributed by atoms with Crippen molar-refractivity contribution in [2.45, 2.75) is 32.6 Å². The summed E-state index contributed by atoms with van der Waals surface area (Å²) in [7, 11) is 5.99. The Morgan fingerprint density at radius 3 is 2.53 bits per heavy atom. The third kappa shape index (κ3) is 4.78. The van der Waals surface area contributed by atoms with Crippen LogP contribution in [0.25, 0.3) is 0 Å². The van der Waals surface area contributed by atoms with E-state index in [1.54, 1.807) is 7.11 Å². The van der Waals surface area contributed by atoms with Gasteiger partial charge in [0.05, 0.1) is 7.11 Å². The van der Waals surface area contributed by atoms with Crippen LogP contribution in [-0.4, -0.2) is 32.6 Å². The summed E-state index contributed by atoms with van der Waals surface area (Å²) in [5.41, 5.74) is 2.77. The predicted molar refractivity (Wildman–Crippen MR) is 73.9 cm³/mol. The minimum absolute atomic E-state index is 1.03. The van der Waals surface area contributed by atoms with Gasteiger partial charge in [0.15, 0.2) is 0 Å². The number of rotatable bonds is 7. The zero-order chi connectivity index (χ0) is 12.7. The molecule has 0 aromatic heterocycles. The Morgan fingerprint density at radius 1 is 1.18 bits per heavy atom. The highest BCUT2D eigenvalue weighted by molar-refractivity contribution is 5.37. The van der Waals surface area contributed by atoms with Crippen molar-refractivity contribution in [1.29, 1.82) is 0 Å². The molecule has 1 aromatic carbocycles. The van der Waals surface area contributed by atoms with E-state index in [1.807, 2.05) is 0 Å². The van der Waals surface area contributed by atoms with E-state index in [4.69, 9.17) is 4.74 Å². The van der Waals surface area contributed by atoms with Gasteiger partial charge in [0, 0.05) is 0 Å². The first-order valence-electron chi connectivity index (χ1n) is 6.48. The fourth-order valence-electron chi connectivity index (χ4n) is 2.06. The smallest absolute Gasteiger partial charge is 0.122 e. The average Bonchev–Trinajstić information content (AvgIpc) is 2.29. The lowest BCUT2D eigenvalue weighted by atomic mass is 10.0. The van der Waals surface area contributed by atoms with Crippen LogP contribution in [0.4, 0.5) is 0 Å². The number of aryl methyl sites for hydroxylation is 2. The Labute approximate surface area is 106 Å². The van der Waals surface area contributed by atoms with Gasteiger partial charge in [-0.25, -0.2) is 0 Å². The number of hydrogen-bond donors (Lipinski definition) is 0. The van der Waals surface area contributed by atoms with Gasteiger partial charge in [-0.2, -0.15) is 0 Å². The molecule has 0 bridgehead atoms. The highest BCUT2D eigenvalue weighted by atomic mass is 16.5. The van der Waals surface area contributed by atoms with E-state index < -0.39 is 0 Å². The van der Waals surface area contributed by atoms with E-state index in [-0.39, 0.29) is 0 Å². The second kappa shape index (κ2) is 7.33. The third-order valence-corrected chi connectivity index (χ3v) is 2.93. The molecule has 96 valence electrons. The minimum atomic E-state index is 1.03. The van der Waals surface area contributed by atoms with Gasteiger partial charge in [0.2, 0.25) is 0 Å². The van der Waals surface area contributed by atoms with Crippen molar-refractivity contribution in [3.63, 3.8) is 0 Å². The molecule has 2 nitrogen and oxygen atoms in total. The molecule has 17 heavy (non-hydrogen) atoms. The van der Waals surface area contributed by atoms with Crippen molar-refractivity contribution >= 4 is 0 Å². The second-order valence-corrected chi connectivity index (χ2v) is 4.80. The summed E-state index contributed by atoms with van der Waals surface area (Å²) in [4.78, 5) is 2.22. The van der Waals surface area contributed by atoms with Crippen molar-refractivity contribution in [1.82, 2.24) is 4.90 Å². The molecule has 0 amide bonds. The molecule has 1 aromatic rings. The molecule has 2 heteroatoms. The maximum absolute atomic E-state index is 5.42. The Bertz CT molecular complexity index is 334. The van der Waals surface area contributed by atoms with Crippen LogP contribution in [0, 0.1) is 0 Å². The van der Waals surface area contributed by atoms with Crippen LogP contribution in [0.2, 0.25) is 0 Å². The van der Waals surface area contributed by atoms with Crippen LogP contribution in [0.1, 0.15) is 30.9 Å². The summed E-state index contributed by atoms with van der Waals surface area (Å²) in [5.74, 6) is 1.03. The lowest BCUT2D eigenvalue weighted by molar-refractivity contribution is 0.391. The molecule has 0 fully saturated rings. The zero-order valence-corrected chi connectivity index (χ0v) is 11.6. The first-order valence-corrected chi connectivity index (χ1v) is 6.48. The molecule has 0 aliphatic heterocycles. The quantitative estimate of drug-likeness (QED) is 0.720. The van der Waals surface area contributed by atoms with E-state index in [0.717, 1.165) is 25.1 Å². The zero-order valence-electron chi connectivity index (χ0n) is 11.6. The Morgan fingerprint density at radius 2 is 1.94 bits per heavy atom. The van der Waals surface area contributed by atoms with Crippen LogP contribution < -0.4 is 4.74 Å². The summed E-state index contributed by atoms with van der Waals surface area (Å²) in [6.07, 6.45) is 4.63. The summed E-state index contributed by atoms with van der Waals surface area (Å²) >= 11 is 0.